The van der Waals surface area contributed by atoms with Gasteiger partial charge in [-0.25, -0.2) is 0 Å². The van der Waals surface area contributed by atoms with Crippen molar-refractivity contribution < 1.29 is 19.4 Å². The Morgan fingerprint density at radius 1 is 1.24 bits per heavy atom. The molecule has 0 aromatic heterocycles. The number of ether oxygens (including phenoxy) is 2. The van der Waals surface area contributed by atoms with Crippen LogP contribution in [0.3, 0.4) is 0 Å². The third-order valence-electron chi connectivity index (χ3n) is 4.66. The molecule has 1 aliphatic rings. The topological polar surface area (TPSA) is 93.8 Å². The highest BCUT2D eigenvalue weighted by Gasteiger charge is 2.26. The van der Waals surface area contributed by atoms with Crippen LogP contribution in [-0.2, 0) is 4.79 Å². The van der Waals surface area contributed by atoms with E-state index in [-0.39, 0.29) is 12.4 Å². The van der Waals surface area contributed by atoms with Gasteiger partial charge in [-0.3, -0.25) is 4.79 Å². The first-order valence-electron chi connectivity index (χ1n) is 8.51. The standard InChI is InChI=1S/C18H28N2O4.ClH/c1-23-15-9-8-13(11-16(15)24-2)20-18(22)17(21)14(19)10-12-6-4-3-5-7-12;/h8-9,11-12,14,17,21H,3-7,10,19H2,1-2H3,(H,20,22);1H/t14-,17?;/m1./s1. The molecule has 142 valence electrons. The first kappa shape index (κ1) is 21.5. The minimum atomic E-state index is -1.22. The summed E-state index contributed by atoms with van der Waals surface area (Å²) in [5.74, 6) is 1.10. The first-order valence-corrected chi connectivity index (χ1v) is 8.51. The normalized spacial score (nSPS) is 17.1. The number of aliphatic hydroxyl groups excluding tert-OH is 1. The Labute approximate surface area is 155 Å². The fourth-order valence-electron chi connectivity index (χ4n) is 3.26. The van der Waals surface area contributed by atoms with Gasteiger partial charge in [0.05, 0.1) is 14.2 Å². The number of nitrogens with two attached hydrogens (primary N) is 1. The quantitative estimate of drug-likeness (QED) is 0.684. The van der Waals surface area contributed by atoms with Crippen LogP contribution in [0.25, 0.3) is 0 Å². The number of carbonyl (C=O) groups is 1. The molecule has 2 atom stereocenters. The summed E-state index contributed by atoms with van der Waals surface area (Å²) in [6.45, 7) is 0. The third kappa shape index (κ3) is 6.06. The lowest BCUT2D eigenvalue weighted by atomic mass is 9.84. The SMILES string of the molecule is COc1ccc(NC(=O)C(O)[C@H](N)CC2CCCCC2)cc1OC.Cl. The van der Waals surface area contributed by atoms with Crippen molar-refractivity contribution in [3.8, 4) is 11.5 Å². The molecule has 0 spiro atoms. The fourth-order valence-corrected chi connectivity index (χ4v) is 3.26. The molecule has 0 radical (unpaired) electrons. The number of methoxy groups -OCH3 is 2. The lowest BCUT2D eigenvalue weighted by Crippen LogP contribution is -2.44. The van der Waals surface area contributed by atoms with Gasteiger partial charge in [-0.1, -0.05) is 32.1 Å². The average Bonchev–Trinajstić information content (AvgIpc) is 2.61. The highest BCUT2D eigenvalue weighted by Crippen LogP contribution is 2.30. The molecule has 1 saturated carbocycles. The van der Waals surface area contributed by atoms with Gasteiger partial charge in [-0.05, 0) is 24.5 Å². The second kappa shape index (κ2) is 10.5. The smallest absolute Gasteiger partial charge is 0.254 e. The minimum Gasteiger partial charge on any atom is -0.493 e. The number of hydrogen-bond donors (Lipinski definition) is 3. The van der Waals surface area contributed by atoms with Crippen LogP contribution >= 0.6 is 12.4 Å². The summed E-state index contributed by atoms with van der Waals surface area (Å²) in [6.07, 6.45) is 5.43. The van der Waals surface area contributed by atoms with Gasteiger partial charge in [0.15, 0.2) is 11.5 Å². The first-order chi connectivity index (χ1) is 11.5. The zero-order valence-corrected chi connectivity index (χ0v) is 15.7. The van der Waals surface area contributed by atoms with Gasteiger partial charge in [0, 0.05) is 17.8 Å². The Morgan fingerprint density at radius 3 is 2.48 bits per heavy atom. The molecule has 6 nitrogen and oxygen atoms in total. The van der Waals surface area contributed by atoms with Crippen LogP contribution in [0.1, 0.15) is 38.5 Å². The Morgan fingerprint density at radius 2 is 1.88 bits per heavy atom. The van der Waals surface area contributed by atoms with E-state index in [1.54, 1.807) is 25.3 Å². The van der Waals surface area contributed by atoms with Crippen molar-refractivity contribution in [3.05, 3.63) is 18.2 Å². The van der Waals surface area contributed by atoms with Crippen molar-refractivity contribution in [1.29, 1.82) is 0 Å². The van der Waals surface area contributed by atoms with Crippen molar-refractivity contribution >= 4 is 24.0 Å². The molecule has 0 bridgehead atoms. The summed E-state index contributed by atoms with van der Waals surface area (Å²) >= 11 is 0. The van der Waals surface area contributed by atoms with Crippen molar-refractivity contribution in [1.82, 2.24) is 0 Å². The molecule has 1 aromatic carbocycles. The van der Waals surface area contributed by atoms with Crippen LogP contribution in [0.2, 0.25) is 0 Å². The van der Waals surface area contributed by atoms with Gasteiger partial charge < -0.3 is 25.6 Å². The van der Waals surface area contributed by atoms with Gasteiger partial charge in [-0.15, -0.1) is 12.4 Å². The predicted octanol–water partition coefficient (Wildman–Crippen LogP) is 2.72. The van der Waals surface area contributed by atoms with E-state index in [0.717, 1.165) is 12.8 Å². The van der Waals surface area contributed by atoms with E-state index in [4.69, 9.17) is 15.2 Å². The van der Waals surface area contributed by atoms with Crippen molar-refractivity contribution in [2.75, 3.05) is 19.5 Å². The van der Waals surface area contributed by atoms with Crippen molar-refractivity contribution in [3.63, 3.8) is 0 Å². The molecule has 1 fully saturated rings. The molecule has 0 saturated heterocycles. The number of aliphatic hydroxyl groups is 1. The number of benzene rings is 1. The van der Waals surface area contributed by atoms with Crippen LogP contribution in [0.4, 0.5) is 5.69 Å². The Hall–Kier alpha value is -1.50. The lowest BCUT2D eigenvalue weighted by molar-refractivity contribution is -0.125. The average molecular weight is 373 g/mol. The number of amides is 1. The summed E-state index contributed by atoms with van der Waals surface area (Å²) in [5, 5.41) is 12.9. The van der Waals surface area contributed by atoms with E-state index in [0.29, 0.717) is 29.5 Å². The number of rotatable bonds is 7. The second-order valence-electron chi connectivity index (χ2n) is 6.41. The van der Waals surface area contributed by atoms with Crippen LogP contribution in [0.15, 0.2) is 18.2 Å². The minimum absolute atomic E-state index is 0. The Kier molecular flexibility index (Phi) is 9.03. The van der Waals surface area contributed by atoms with E-state index < -0.39 is 18.1 Å². The van der Waals surface area contributed by atoms with E-state index >= 15 is 0 Å². The number of carbonyl (C=O) groups excluding carboxylic acids is 1. The largest absolute Gasteiger partial charge is 0.493 e. The van der Waals surface area contributed by atoms with Crippen LogP contribution in [-0.4, -0.2) is 37.4 Å². The lowest BCUT2D eigenvalue weighted by Gasteiger charge is -2.26. The van der Waals surface area contributed by atoms with Crippen LogP contribution in [0.5, 0.6) is 11.5 Å². The zero-order chi connectivity index (χ0) is 17.5. The molecule has 4 N–H and O–H groups in total. The summed E-state index contributed by atoms with van der Waals surface area (Å²) in [7, 11) is 3.07. The number of nitrogens with one attached hydrogen (secondary N) is 1. The van der Waals surface area contributed by atoms with Gasteiger partial charge in [0.1, 0.15) is 6.10 Å². The van der Waals surface area contributed by atoms with Gasteiger partial charge in [-0.2, -0.15) is 0 Å². The van der Waals surface area contributed by atoms with E-state index in [9.17, 15) is 9.90 Å². The van der Waals surface area contributed by atoms with Gasteiger partial charge >= 0.3 is 0 Å². The third-order valence-corrected chi connectivity index (χ3v) is 4.66. The van der Waals surface area contributed by atoms with Gasteiger partial charge in [0.2, 0.25) is 0 Å². The molecule has 0 heterocycles. The second-order valence-corrected chi connectivity index (χ2v) is 6.41. The molecule has 1 unspecified atom stereocenters. The summed E-state index contributed by atoms with van der Waals surface area (Å²) < 4.78 is 10.4. The maximum atomic E-state index is 12.2. The molecule has 2 rings (SSSR count). The summed E-state index contributed by atoms with van der Waals surface area (Å²) in [4.78, 5) is 12.2. The van der Waals surface area contributed by atoms with Gasteiger partial charge in [0.25, 0.3) is 5.91 Å². The molecule has 0 aliphatic heterocycles. The van der Waals surface area contributed by atoms with E-state index in [1.165, 1.54) is 26.4 Å². The Bertz CT molecular complexity index is 550. The maximum absolute atomic E-state index is 12.2. The van der Waals surface area contributed by atoms with E-state index in [1.807, 2.05) is 0 Å². The fraction of sp³-hybridized carbons (Fsp3) is 0.611. The summed E-state index contributed by atoms with van der Waals surface area (Å²) in [6, 6.07) is 4.49. The molecule has 25 heavy (non-hydrogen) atoms. The van der Waals surface area contributed by atoms with Crippen LogP contribution < -0.4 is 20.5 Å². The number of halogens is 1. The molecular weight excluding hydrogens is 344 g/mol. The monoisotopic (exact) mass is 372 g/mol. The highest BCUT2D eigenvalue weighted by molar-refractivity contribution is 5.94. The maximum Gasteiger partial charge on any atom is 0.254 e. The molecular formula is C18H29ClN2O4. The molecule has 1 aromatic rings. The number of anilines is 1. The van der Waals surface area contributed by atoms with Crippen molar-refractivity contribution in [2.45, 2.75) is 50.7 Å². The summed E-state index contributed by atoms with van der Waals surface area (Å²) in [5.41, 5.74) is 6.58. The molecule has 1 aliphatic carbocycles. The number of hydrogen-bond acceptors (Lipinski definition) is 5. The van der Waals surface area contributed by atoms with Crippen molar-refractivity contribution in [2.24, 2.45) is 11.7 Å². The predicted molar refractivity (Wildman–Crippen MR) is 101 cm³/mol. The Balaban J connectivity index is 0.00000312. The van der Waals surface area contributed by atoms with E-state index in [2.05, 4.69) is 5.32 Å². The molecule has 1 amide bonds. The highest BCUT2D eigenvalue weighted by atomic mass is 35.5. The van der Waals surface area contributed by atoms with Crippen LogP contribution in [0, 0.1) is 5.92 Å². The zero-order valence-electron chi connectivity index (χ0n) is 14.9. The molecule has 7 heteroatoms.